The van der Waals surface area contributed by atoms with E-state index >= 15 is 0 Å². The van der Waals surface area contributed by atoms with Crippen LogP contribution in [0.2, 0.25) is 0 Å². The highest BCUT2D eigenvalue weighted by molar-refractivity contribution is 5.92. The van der Waals surface area contributed by atoms with Gasteiger partial charge in [0.1, 0.15) is 41.3 Å². The van der Waals surface area contributed by atoms with Crippen LogP contribution in [0, 0.1) is 0 Å². The first-order valence-electron chi connectivity index (χ1n) is 10.1. The molecule has 10 nitrogen and oxygen atoms in total. The van der Waals surface area contributed by atoms with Crippen molar-refractivity contribution in [2.24, 2.45) is 0 Å². The van der Waals surface area contributed by atoms with Crippen LogP contribution >= 0.6 is 0 Å². The number of ether oxygens (including phenoxy) is 4. The molecule has 1 fully saturated rings. The average molecular weight is 460 g/mol. The molecule has 33 heavy (non-hydrogen) atoms. The second-order valence-corrected chi connectivity index (χ2v) is 7.47. The highest BCUT2D eigenvalue weighted by Gasteiger charge is 2.45. The van der Waals surface area contributed by atoms with Gasteiger partial charge in [-0.05, 0) is 0 Å². The van der Waals surface area contributed by atoms with Gasteiger partial charge in [0, 0.05) is 17.7 Å². The SMILES string of the molecule is COc1cc(OC2OC(CO)C(O)C(O)C2O)c2c(=O)cc(-c3ccccc3)oc2c1OC. The fraction of sp³-hybridized carbons (Fsp3) is 0.348. The summed E-state index contributed by atoms with van der Waals surface area (Å²) in [7, 11) is 2.78. The van der Waals surface area contributed by atoms with E-state index < -0.39 is 42.7 Å². The van der Waals surface area contributed by atoms with Crippen LogP contribution in [-0.2, 0) is 4.74 Å². The zero-order valence-electron chi connectivity index (χ0n) is 17.9. The molecule has 0 amide bonds. The van der Waals surface area contributed by atoms with Crippen LogP contribution in [0.25, 0.3) is 22.3 Å². The van der Waals surface area contributed by atoms with Gasteiger partial charge in [0.2, 0.25) is 12.0 Å². The van der Waals surface area contributed by atoms with E-state index in [9.17, 15) is 25.2 Å². The Morgan fingerprint density at radius 3 is 2.30 bits per heavy atom. The minimum absolute atomic E-state index is 0.00992. The molecule has 4 rings (SSSR count). The van der Waals surface area contributed by atoms with Crippen molar-refractivity contribution in [1.29, 1.82) is 0 Å². The Morgan fingerprint density at radius 2 is 1.67 bits per heavy atom. The van der Waals surface area contributed by atoms with Crippen molar-refractivity contribution in [1.82, 2.24) is 0 Å². The minimum atomic E-state index is -1.67. The van der Waals surface area contributed by atoms with Crippen LogP contribution in [0.4, 0.5) is 0 Å². The number of hydrogen-bond acceptors (Lipinski definition) is 10. The van der Waals surface area contributed by atoms with E-state index in [4.69, 9.17) is 23.4 Å². The van der Waals surface area contributed by atoms with Crippen LogP contribution in [0.1, 0.15) is 0 Å². The largest absolute Gasteiger partial charge is 0.493 e. The second-order valence-electron chi connectivity index (χ2n) is 7.47. The molecule has 5 atom stereocenters. The van der Waals surface area contributed by atoms with Gasteiger partial charge >= 0.3 is 0 Å². The topological polar surface area (TPSA) is 148 Å². The Labute approximate surface area is 188 Å². The van der Waals surface area contributed by atoms with Crippen molar-refractivity contribution in [2.75, 3.05) is 20.8 Å². The smallest absolute Gasteiger partial charge is 0.229 e. The Bertz CT molecular complexity index is 1170. The molecule has 5 unspecified atom stereocenters. The molecule has 0 aliphatic carbocycles. The van der Waals surface area contributed by atoms with Crippen molar-refractivity contribution in [2.45, 2.75) is 30.7 Å². The third-order valence-corrected chi connectivity index (χ3v) is 5.46. The standard InChI is InChI=1S/C23H24O10/c1-29-15-9-14(32-23-20(28)19(27)18(26)16(10-24)33-23)17-12(25)8-13(11-6-4-3-5-7-11)31-22(17)21(15)30-2/h3-9,16,18-20,23-24,26-28H,10H2,1-2H3. The van der Waals surface area contributed by atoms with Crippen LogP contribution < -0.4 is 19.6 Å². The van der Waals surface area contributed by atoms with Gasteiger partial charge in [0.25, 0.3) is 0 Å². The van der Waals surface area contributed by atoms with Crippen molar-refractivity contribution >= 4 is 11.0 Å². The highest BCUT2D eigenvalue weighted by Crippen LogP contribution is 2.42. The van der Waals surface area contributed by atoms with Gasteiger partial charge in [-0.25, -0.2) is 0 Å². The number of hydrogen-bond donors (Lipinski definition) is 4. The van der Waals surface area contributed by atoms with E-state index in [1.54, 1.807) is 24.3 Å². The Balaban J connectivity index is 1.86. The van der Waals surface area contributed by atoms with Gasteiger partial charge in [-0.2, -0.15) is 0 Å². The monoisotopic (exact) mass is 460 g/mol. The molecule has 1 saturated heterocycles. The van der Waals surface area contributed by atoms with E-state index in [1.807, 2.05) is 6.07 Å². The van der Waals surface area contributed by atoms with E-state index in [1.165, 1.54) is 26.4 Å². The number of aliphatic hydroxyl groups is 4. The Kier molecular flexibility index (Phi) is 6.54. The van der Waals surface area contributed by atoms with Gasteiger partial charge in [0.15, 0.2) is 16.8 Å². The average Bonchev–Trinajstić information content (AvgIpc) is 2.84. The molecule has 0 bridgehead atoms. The van der Waals surface area contributed by atoms with Crippen molar-refractivity contribution in [3.63, 3.8) is 0 Å². The minimum Gasteiger partial charge on any atom is -0.493 e. The first-order valence-corrected chi connectivity index (χ1v) is 10.1. The quantitative estimate of drug-likeness (QED) is 0.413. The molecule has 10 heteroatoms. The van der Waals surface area contributed by atoms with E-state index in [-0.39, 0.29) is 28.2 Å². The van der Waals surface area contributed by atoms with Crippen LogP contribution in [-0.4, -0.2) is 72.0 Å². The van der Waals surface area contributed by atoms with Crippen LogP contribution in [0.15, 0.2) is 51.7 Å². The summed E-state index contributed by atoms with van der Waals surface area (Å²) in [5.41, 5.74) is 0.246. The van der Waals surface area contributed by atoms with Gasteiger partial charge in [-0.1, -0.05) is 30.3 Å². The lowest BCUT2D eigenvalue weighted by molar-refractivity contribution is -0.277. The predicted molar refractivity (Wildman–Crippen MR) is 115 cm³/mol. The summed E-state index contributed by atoms with van der Waals surface area (Å²) in [6, 6.07) is 11.7. The summed E-state index contributed by atoms with van der Waals surface area (Å²) in [6.45, 7) is -0.625. The maximum absolute atomic E-state index is 13.2. The molecule has 0 spiro atoms. The Hall–Kier alpha value is -3.15. The summed E-state index contributed by atoms with van der Waals surface area (Å²) in [6.07, 6.45) is -7.54. The molecule has 1 aliphatic rings. The van der Waals surface area contributed by atoms with E-state index in [2.05, 4.69) is 0 Å². The summed E-state index contributed by atoms with van der Waals surface area (Å²) in [5.74, 6) is 0.556. The summed E-state index contributed by atoms with van der Waals surface area (Å²) < 4.78 is 28.0. The lowest BCUT2D eigenvalue weighted by Crippen LogP contribution is -2.60. The maximum atomic E-state index is 13.2. The number of rotatable bonds is 6. The van der Waals surface area contributed by atoms with E-state index in [0.29, 0.717) is 11.3 Å². The fourth-order valence-corrected chi connectivity index (χ4v) is 3.73. The number of aliphatic hydroxyl groups excluding tert-OH is 4. The molecule has 2 heterocycles. The number of fused-ring (bicyclic) bond motifs is 1. The summed E-state index contributed by atoms with van der Waals surface area (Å²) in [4.78, 5) is 13.2. The molecule has 4 N–H and O–H groups in total. The van der Waals surface area contributed by atoms with Gasteiger partial charge in [-0.3, -0.25) is 4.79 Å². The molecule has 3 aromatic rings. The van der Waals surface area contributed by atoms with E-state index in [0.717, 1.165) is 0 Å². The normalized spacial score (nSPS) is 25.1. The van der Waals surface area contributed by atoms with Crippen LogP contribution in [0.5, 0.6) is 17.2 Å². The fourth-order valence-electron chi connectivity index (χ4n) is 3.73. The summed E-state index contributed by atoms with van der Waals surface area (Å²) in [5, 5.41) is 39.8. The molecule has 0 saturated carbocycles. The van der Waals surface area contributed by atoms with Crippen molar-refractivity contribution in [3.8, 4) is 28.6 Å². The molecule has 1 aliphatic heterocycles. The first-order chi connectivity index (χ1) is 15.9. The van der Waals surface area contributed by atoms with Crippen LogP contribution in [0.3, 0.4) is 0 Å². The zero-order valence-corrected chi connectivity index (χ0v) is 17.9. The second kappa shape index (κ2) is 9.38. The molecule has 2 aromatic carbocycles. The first kappa shape index (κ1) is 23.0. The number of benzene rings is 2. The lowest BCUT2D eigenvalue weighted by atomic mass is 9.99. The van der Waals surface area contributed by atoms with Gasteiger partial charge in [-0.15, -0.1) is 0 Å². The zero-order chi connectivity index (χ0) is 23.7. The maximum Gasteiger partial charge on any atom is 0.229 e. The molecule has 0 radical (unpaired) electrons. The van der Waals surface area contributed by atoms with Gasteiger partial charge < -0.3 is 43.8 Å². The van der Waals surface area contributed by atoms with Crippen molar-refractivity contribution in [3.05, 3.63) is 52.7 Å². The lowest BCUT2D eigenvalue weighted by Gasteiger charge is -2.39. The van der Waals surface area contributed by atoms with Crippen molar-refractivity contribution < 1.29 is 43.8 Å². The highest BCUT2D eigenvalue weighted by atomic mass is 16.7. The molecule has 1 aromatic heterocycles. The number of methoxy groups -OCH3 is 2. The third kappa shape index (κ3) is 4.14. The molecular weight excluding hydrogens is 436 g/mol. The third-order valence-electron chi connectivity index (χ3n) is 5.46. The van der Waals surface area contributed by atoms with Gasteiger partial charge in [0.05, 0.1) is 20.8 Å². The summed E-state index contributed by atoms with van der Waals surface area (Å²) >= 11 is 0. The molecular formula is C23H24O10. The predicted octanol–water partition coefficient (Wildman–Crippen LogP) is 0.656. The molecule has 176 valence electrons. The Morgan fingerprint density at radius 1 is 0.939 bits per heavy atom.